The number of nitrogens with two attached hydrogens (primary N) is 1. The van der Waals surface area contributed by atoms with Gasteiger partial charge in [0.1, 0.15) is 5.75 Å². The summed E-state index contributed by atoms with van der Waals surface area (Å²) in [5, 5.41) is 9.36. The zero-order valence-electron chi connectivity index (χ0n) is 10.4. The van der Waals surface area contributed by atoms with Gasteiger partial charge >= 0.3 is 0 Å². The molecule has 2 aromatic rings. The highest BCUT2D eigenvalue weighted by molar-refractivity contribution is 5.92. The summed E-state index contributed by atoms with van der Waals surface area (Å²) >= 11 is 0. The Labute approximate surface area is 110 Å². The summed E-state index contributed by atoms with van der Waals surface area (Å²) in [5.74, 6) is 0.490. The molecule has 0 fully saturated rings. The molecule has 19 heavy (non-hydrogen) atoms. The molecule has 0 saturated carbocycles. The van der Waals surface area contributed by atoms with Crippen molar-refractivity contribution in [1.29, 1.82) is 0 Å². The predicted octanol–water partition coefficient (Wildman–Crippen LogP) is 2.03. The topological polar surface area (TPSA) is 85.4 Å². The van der Waals surface area contributed by atoms with Gasteiger partial charge in [0.25, 0.3) is 0 Å². The second kappa shape index (κ2) is 5.49. The standard InChI is InChI=1S/C14H14N2O3/c1-9(17)11-4-7-13(16-8-11)19-12-5-2-10(3-6-12)14(15)18/h2-9,17H,1H3,(H2,15,18)/t9-/m0/s1. The smallest absolute Gasteiger partial charge is 0.248 e. The van der Waals surface area contributed by atoms with Crippen molar-refractivity contribution in [2.75, 3.05) is 0 Å². The Bertz CT molecular complexity index is 562. The molecule has 5 heteroatoms. The number of aliphatic hydroxyl groups is 1. The number of rotatable bonds is 4. The summed E-state index contributed by atoms with van der Waals surface area (Å²) in [7, 11) is 0. The predicted molar refractivity (Wildman–Crippen MR) is 69.9 cm³/mol. The van der Waals surface area contributed by atoms with E-state index in [2.05, 4.69) is 4.98 Å². The second-order valence-corrected chi connectivity index (χ2v) is 4.10. The van der Waals surface area contributed by atoms with Gasteiger partial charge in [0.15, 0.2) is 0 Å². The van der Waals surface area contributed by atoms with Crippen LogP contribution in [0.4, 0.5) is 0 Å². The third-order valence-electron chi connectivity index (χ3n) is 2.60. The normalized spacial score (nSPS) is 11.9. The van der Waals surface area contributed by atoms with Crippen molar-refractivity contribution in [3.05, 3.63) is 53.7 Å². The molecule has 1 heterocycles. The minimum atomic E-state index is -0.559. The first-order chi connectivity index (χ1) is 9.06. The number of hydrogen-bond donors (Lipinski definition) is 2. The highest BCUT2D eigenvalue weighted by atomic mass is 16.5. The molecule has 5 nitrogen and oxygen atoms in total. The molecule has 0 aliphatic carbocycles. The average molecular weight is 258 g/mol. The molecule has 1 atom stereocenters. The fourth-order valence-electron chi connectivity index (χ4n) is 1.51. The summed E-state index contributed by atoms with van der Waals surface area (Å²) in [6.45, 7) is 1.67. The van der Waals surface area contributed by atoms with Crippen LogP contribution in [0.15, 0.2) is 42.6 Å². The Kier molecular flexibility index (Phi) is 3.77. The monoisotopic (exact) mass is 258 g/mol. The van der Waals surface area contributed by atoms with Gasteiger partial charge in [-0.25, -0.2) is 4.98 Å². The van der Waals surface area contributed by atoms with Crippen molar-refractivity contribution in [3.63, 3.8) is 0 Å². The van der Waals surface area contributed by atoms with Crippen molar-refractivity contribution < 1.29 is 14.6 Å². The van der Waals surface area contributed by atoms with Crippen molar-refractivity contribution >= 4 is 5.91 Å². The van der Waals surface area contributed by atoms with E-state index in [1.165, 1.54) is 0 Å². The minimum Gasteiger partial charge on any atom is -0.439 e. The molecule has 1 amide bonds. The van der Waals surface area contributed by atoms with Gasteiger partial charge in [-0.3, -0.25) is 4.79 Å². The van der Waals surface area contributed by atoms with Crippen LogP contribution < -0.4 is 10.5 Å². The zero-order valence-corrected chi connectivity index (χ0v) is 10.4. The largest absolute Gasteiger partial charge is 0.439 e. The lowest BCUT2D eigenvalue weighted by molar-refractivity contribution is 0.100. The second-order valence-electron chi connectivity index (χ2n) is 4.10. The van der Waals surface area contributed by atoms with Crippen LogP contribution >= 0.6 is 0 Å². The van der Waals surface area contributed by atoms with E-state index in [1.54, 1.807) is 49.5 Å². The number of ether oxygens (including phenoxy) is 1. The van der Waals surface area contributed by atoms with Gasteiger partial charge in [0, 0.05) is 17.8 Å². The van der Waals surface area contributed by atoms with Crippen LogP contribution in [-0.4, -0.2) is 16.0 Å². The lowest BCUT2D eigenvalue weighted by atomic mass is 10.2. The number of pyridine rings is 1. The Morgan fingerprint density at radius 2 is 1.95 bits per heavy atom. The van der Waals surface area contributed by atoms with Crippen molar-refractivity contribution in [2.24, 2.45) is 5.73 Å². The summed E-state index contributed by atoms with van der Waals surface area (Å²) in [6, 6.07) is 9.87. The maximum atomic E-state index is 10.9. The Morgan fingerprint density at radius 3 is 2.42 bits per heavy atom. The first-order valence-electron chi connectivity index (χ1n) is 5.78. The SMILES string of the molecule is C[C@H](O)c1ccc(Oc2ccc(C(N)=O)cc2)nc1. The van der Waals surface area contributed by atoms with E-state index in [0.29, 0.717) is 17.2 Å². The van der Waals surface area contributed by atoms with E-state index in [0.717, 1.165) is 5.56 Å². The summed E-state index contributed by atoms with van der Waals surface area (Å²) < 4.78 is 5.50. The van der Waals surface area contributed by atoms with Crippen LogP contribution in [0, 0.1) is 0 Å². The molecule has 2 rings (SSSR count). The number of nitrogens with zero attached hydrogens (tertiary/aromatic N) is 1. The van der Waals surface area contributed by atoms with E-state index in [9.17, 15) is 9.90 Å². The van der Waals surface area contributed by atoms with Crippen LogP contribution in [0.5, 0.6) is 11.6 Å². The van der Waals surface area contributed by atoms with Crippen molar-refractivity contribution in [1.82, 2.24) is 4.98 Å². The molecular weight excluding hydrogens is 244 g/mol. The lowest BCUT2D eigenvalue weighted by Gasteiger charge is -2.07. The van der Waals surface area contributed by atoms with E-state index in [-0.39, 0.29) is 0 Å². The van der Waals surface area contributed by atoms with E-state index in [1.807, 2.05) is 0 Å². The Balaban J connectivity index is 2.10. The third-order valence-corrected chi connectivity index (χ3v) is 2.60. The highest BCUT2D eigenvalue weighted by Crippen LogP contribution is 2.21. The number of aromatic nitrogens is 1. The third kappa shape index (κ3) is 3.29. The Hall–Kier alpha value is -2.40. The van der Waals surface area contributed by atoms with Crippen molar-refractivity contribution in [3.8, 4) is 11.6 Å². The van der Waals surface area contributed by atoms with Crippen LogP contribution in [0.3, 0.4) is 0 Å². The first kappa shape index (κ1) is 13.0. The summed E-state index contributed by atoms with van der Waals surface area (Å²) in [6.07, 6.45) is 0.994. The maximum absolute atomic E-state index is 10.9. The fourth-order valence-corrected chi connectivity index (χ4v) is 1.51. The van der Waals surface area contributed by atoms with Crippen LogP contribution in [-0.2, 0) is 0 Å². The fraction of sp³-hybridized carbons (Fsp3) is 0.143. The molecule has 1 aromatic carbocycles. The molecule has 0 aliphatic heterocycles. The summed E-state index contributed by atoms with van der Waals surface area (Å²) in [5.41, 5.74) is 6.29. The molecule has 3 N–H and O–H groups in total. The maximum Gasteiger partial charge on any atom is 0.248 e. The van der Waals surface area contributed by atoms with E-state index in [4.69, 9.17) is 10.5 Å². The number of carbonyl (C=O) groups is 1. The van der Waals surface area contributed by atoms with Crippen molar-refractivity contribution in [2.45, 2.75) is 13.0 Å². The molecule has 0 unspecified atom stereocenters. The number of benzene rings is 1. The Morgan fingerprint density at radius 1 is 1.26 bits per heavy atom. The van der Waals surface area contributed by atoms with Crippen LogP contribution in [0.1, 0.15) is 28.9 Å². The van der Waals surface area contributed by atoms with Crippen LogP contribution in [0.25, 0.3) is 0 Å². The minimum absolute atomic E-state index is 0.413. The van der Waals surface area contributed by atoms with Gasteiger partial charge in [-0.1, -0.05) is 0 Å². The molecular formula is C14H14N2O3. The average Bonchev–Trinajstić information content (AvgIpc) is 2.40. The molecule has 1 aromatic heterocycles. The molecule has 0 spiro atoms. The van der Waals surface area contributed by atoms with Crippen LogP contribution in [0.2, 0.25) is 0 Å². The number of carbonyl (C=O) groups excluding carboxylic acids is 1. The van der Waals surface area contributed by atoms with Gasteiger partial charge < -0.3 is 15.6 Å². The highest BCUT2D eigenvalue weighted by Gasteiger charge is 2.04. The molecule has 0 bridgehead atoms. The molecule has 0 radical (unpaired) electrons. The zero-order chi connectivity index (χ0) is 13.8. The number of primary amides is 1. The molecule has 0 saturated heterocycles. The van der Waals surface area contributed by atoms with Gasteiger partial charge in [-0.15, -0.1) is 0 Å². The van der Waals surface area contributed by atoms with E-state index < -0.39 is 12.0 Å². The first-order valence-corrected chi connectivity index (χ1v) is 5.78. The number of aliphatic hydroxyl groups excluding tert-OH is 1. The van der Waals surface area contributed by atoms with Gasteiger partial charge in [0.2, 0.25) is 11.8 Å². The number of hydrogen-bond acceptors (Lipinski definition) is 4. The summed E-state index contributed by atoms with van der Waals surface area (Å²) in [4.78, 5) is 15.0. The van der Waals surface area contributed by atoms with Gasteiger partial charge in [-0.2, -0.15) is 0 Å². The van der Waals surface area contributed by atoms with Gasteiger partial charge in [-0.05, 0) is 42.8 Å². The molecule has 98 valence electrons. The lowest BCUT2D eigenvalue weighted by Crippen LogP contribution is -2.10. The van der Waals surface area contributed by atoms with Gasteiger partial charge in [0.05, 0.1) is 6.10 Å². The number of amides is 1. The molecule has 0 aliphatic rings. The quantitative estimate of drug-likeness (QED) is 0.878. The van der Waals surface area contributed by atoms with E-state index >= 15 is 0 Å².